The van der Waals surface area contributed by atoms with Crippen molar-refractivity contribution in [3.63, 3.8) is 0 Å². The van der Waals surface area contributed by atoms with Crippen LogP contribution in [-0.4, -0.2) is 25.4 Å². The maximum Gasteiger partial charge on any atom is 0.227 e. The Balaban J connectivity index is 0.00000312. The molecule has 0 aromatic heterocycles. The lowest BCUT2D eigenvalue weighted by molar-refractivity contribution is -0.121. The second kappa shape index (κ2) is 11.9. The molecule has 6 heteroatoms. The number of carbonyl (C=O) groups excluding carboxylic acids is 2. The van der Waals surface area contributed by atoms with Crippen molar-refractivity contribution in [2.24, 2.45) is 5.92 Å². The van der Waals surface area contributed by atoms with E-state index in [2.05, 4.69) is 16.0 Å². The van der Waals surface area contributed by atoms with Gasteiger partial charge in [-0.15, -0.1) is 12.4 Å². The fourth-order valence-electron chi connectivity index (χ4n) is 3.08. The number of benzene rings is 1. The van der Waals surface area contributed by atoms with Crippen molar-refractivity contribution in [1.29, 1.82) is 0 Å². The number of rotatable bonds is 8. The molecule has 1 aromatic carbocycles. The second-order valence-electron chi connectivity index (χ2n) is 6.51. The van der Waals surface area contributed by atoms with E-state index in [-0.39, 0.29) is 30.1 Å². The highest BCUT2D eigenvalue weighted by Crippen LogP contribution is 2.25. The fourth-order valence-corrected chi connectivity index (χ4v) is 3.08. The molecule has 0 heterocycles. The van der Waals surface area contributed by atoms with Gasteiger partial charge in [0, 0.05) is 24.6 Å². The van der Waals surface area contributed by atoms with Crippen LogP contribution < -0.4 is 16.0 Å². The molecule has 0 saturated heterocycles. The van der Waals surface area contributed by atoms with Gasteiger partial charge in [-0.3, -0.25) is 9.59 Å². The average molecular weight is 368 g/mol. The zero-order valence-corrected chi connectivity index (χ0v) is 15.8. The Labute approximate surface area is 156 Å². The maximum absolute atomic E-state index is 12.3. The van der Waals surface area contributed by atoms with E-state index in [0.29, 0.717) is 13.0 Å². The first-order valence-corrected chi connectivity index (χ1v) is 9.00. The molecule has 140 valence electrons. The van der Waals surface area contributed by atoms with Crippen LogP contribution in [0, 0.1) is 5.92 Å². The molecule has 2 amide bonds. The highest BCUT2D eigenvalue weighted by molar-refractivity contribution is 5.92. The Morgan fingerprint density at radius 3 is 2.64 bits per heavy atom. The summed E-state index contributed by atoms with van der Waals surface area (Å²) in [6.45, 7) is 1.33. The van der Waals surface area contributed by atoms with Gasteiger partial charge in [0.2, 0.25) is 11.8 Å². The molecular weight excluding hydrogens is 338 g/mol. The minimum atomic E-state index is 0. The van der Waals surface area contributed by atoms with Crippen LogP contribution in [0.25, 0.3) is 0 Å². The van der Waals surface area contributed by atoms with Crippen LogP contribution in [0.15, 0.2) is 24.3 Å². The predicted octanol–water partition coefficient (Wildman–Crippen LogP) is 3.24. The highest BCUT2D eigenvalue weighted by Gasteiger charge is 2.20. The third kappa shape index (κ3) is 7.88. The highest BCUT2D eigenvalue weighted by atomic mass is 35.5. The summed E-state index contributed by atoms with van der Waals surface area (Å²) in [7, 11) is 1.88. The maximum atomic E-state index is 12.3. The van der Waals surface area contributed by atoms with Gasteiger partial charge < -0.3 is 16.0 Å². The lowest BCUT2D eigenvalue weighted by atomic mass is 9.88. The smallest absolute Gasteiger partial charge is 0.227 e. The van der Waals surface area contributed by atoms with E-state index in [4.69, 9.17) is 0 Å². The molecule has 0 spiro atoms. The molecule has 25 heavy (non-hydrogen) atoms. The summed E-state index contributed by atoms with van der Waals surface area (Å²) < 4.78 is 0. The summed E-state index contributed by atoms with van der Waals surface area (Å²) in [6, 6.07) is 7.72. The summed E-state index contributed by atoms with van der Waals surface area (Å²) in [5.74, 6) is 0.333. The Morgan fingerprint density at radius 1 is 1.16 bits per heavy atom. The molecule has 0 aliphatic heterocycles. The molecule has 1 fully saturated rings. The number of amides is 2. The van der Waals surface area contributed by atoms with Crippen LogP contribution in [0.4, 0.5) is 5.69 Å². The van der Waals surface area contributed by atoms with E-state index in [9.17, 15) is 9.59 Å². The Hall–Kier alpha value is -1.59. The van der Waals surface area contributed by atoms with Crippen molar-refractivity contribution < 1.29 is 9.59 Å². The van der Waals surface area contributed by atoms with Gasteiger partial charge in [-0.1, -0.05) is 31.4 Å². The van der Waals surface area contributed by atoms with Crippen molar-refractivity contribution >= 4 is 29.9 Å². The Bertz CT molecular complexity index is 545. The van der Waals surface area contributed by atoms with Crippen molar-refractivity contribution in [3.8, 4) is 0 Å². The second-order valence-corrected chi connectivity index (χ2v) is 6.51. The number of hydrogen-bond acceptors (Lipinski definition) is 3. The van der Waals surface area contributed by atoms with Gasteiger partial charge in [0.05, 0.1) is 0 Å². The summed E-state index contributed by atoms with van der Waals surface area (Å²) in [5.41, 5.74) is 1.81. The third-order valence-corrected chi connectivity index (χ3v) is 4.49. The zero-order valence-electron chi connectivity index (χ0n) is 15.0. The number of anilines is 1. The first-order valence-electron chi connectivity index (χ1n) is 9.00. The first-order chi connectivity index (χ1) is 11.7. The molecule has 0 atom stereocenters. The van der Waals surface area contributed by atoms with Crippen molar-refractivity contribution in [1.82, 2.24) is 10.6 Å². The summed E-state index contributed by atoms with van der Waals surface area (Å²) >= 11 is 0. The van der Waals surface area contributed by atoms with Gasteiger partial charge in [-0.2, -0.15) is 0 Å². The van der Waals surface area contributed by atoms with Gasteiger partial charge in [-0.05, 0) is 50.6 Å². The fraction of sp³-hybridized carbons (Fsp3) is 0.579. The first kappa shape index (κ1) is 21.5. The van der Waals surface area contributed by atoms with Gasteiger partial charge in [-0.25, -0.2) is 0 Å². The van der Waals surface area contributed by atoms with E-state index in [1.165, 1.54) is 6.42 Å². The predicted molar refractivity (Wildman–Crippen MR) is 104 cm³/mol. The van der Waals surface area contributed by atoms with Gasteiger partial charge in [0.15, 0.2) is 0 Å². The van der Waals surface area contributed by atoms with Crippen LogP contribution >= 0.6 is 12.4 Å². The van der Waals surface area contributed by atoms with Gasteiger partial charge in [0.1, 0.15) is 0 Å². The monoisotopic (exact) mass is 367 g/mol. The standard InChI is InChI=1S/C19H29N3O2.ClH/c1-20-12-6-11-18(23)21-14-15-7-5-10-17(13-15)22-19(24)16-8-3-2-4-9-16;/h5,7,10,13,16,20H,2-4,6,8-9,11-12,14H2,1H3,(H,21,23)(H,22,24);1H. The molecule has 1 aliphatic rings. The minimum Gasteiger partial charge on any atom is -0.352 e. The van der Waals surface area contributed by atoms with E-state index in [1.807, 2.05) is 31.3 Å². The van der Waals surface area contributed by atoms with Crippen molar-refractivity contribution in [2.75, 3.05) is 18.9 Å². The molecular formula is C19H30ClN3O2. The molecule has 2 rings (SSSR count). The van der Waals surface area contributed by atoms with E-state index in [0.717, 1.165) is 49.9 Å². The van der Waals surface area contributed by atoms with Crippen LogP contribution in [-0.2, 0) is 16.1 Å². The molecule has 1 saturated carbocycles. The topological polar surface area (TPSA) is 70.2 Å². The normalized spacial score (nSPS) is 14.4. The number of halogens is 1. The zero-order chi connectivity index (χ0) is 17.2. The Morgan fingerprint density at radius 2 is 1.92 bits per heavy atom. The van der Waals surface area contributed by atoms with Crippen molar-refractivity contribution in [2.45, 2.75) is 51.5 Å². The number of nitrogens with one attached hydrogen (secondary N) is 3. The van der Waals surface area contributed by atoms with Crippen molar-refractivity contribution in [3.05, 3.63) is 29.8 Å². The SMILES string of the molecule is CNCCCC(=O)NCc1cccc(NC(=O)C2CCCCC2)c1.Cl. The molecule has 1 aliphatic carbocycles. The van der Waals surface area contributed by atoms with E-state index >= 15 is 0 Å². The molecule has 0 radical (unpaired) electrons. The van der Waals surface area contributed by atoms with Crippen LogP contribution in [0.1, 0.15) is 50.5 Å². The molecule has 0 bridgehead atoms. The van der Waals surface area contributed by atoms with E-state index in [1.54, 1.807) is 0 Å². The Kier molecular flexibility index (Phi) is 10.2. The molecule has 3 N–H and O–H groups in total. The number of hydrogen-bond donors (Lipinski definition) is 3. The molecule has 1 aromatic rings. The molecule has 5 nitrogen and oxygen atoms in total. The van der Waals surface area contributed by atoms with Crippen LogP contribution in [0.3, 0.4) is 0 Å². The van der Waals surface area contributed by atoms with E-state index < -0.39 is 0 Å². The lowest BCUT2D eigenvalue weighted by Crippen LogP contribution is -2.25. The average Bonchev–Trinajstić information content (AvgIpc) is 2.61. The summed E-state index contributed by atoms with van der Waals surface area (Å²) in [5, 5.41) is 8.97. The largest absolute Gasteiger partial charge is 0.352 e. The van der Waals surface area contributed by atoms with Gasteiger partial charge in [0.25, 0.3) is 0 Å². The summed E-state index contributed by atoms with van der Waals surface area (Å²) in [6.07, 6.45) is 6.89. The molecule has 0 unspecified atom stereocenters. The van der Waals surface area contributed by atoms with Crippen LogP contribution in [0.2, 0.25) is 0 Å². The minimum absolute atomic E-state index is 0. The van der Waals surface area contributed by atoms with Gasteiger partial charge >= 0.3 is 0 Å². The van der Waals surface area contributed by atoms with Crippen LogP contribution in [0.5, 0.6) is 0 Å². The summed E-state index contributed by atoms with van der Waals surface area (Å²) in [4.78, 5) is 24.1. The third-order valence-electron chi connectivity index (χ3n) is 4.49. The quantitative estimate of drug-likeness (QED) is 0.618. The number of carbonyl (C=O) groups is 2. The lowest BCUT2D eigenvalue weighted by Gasteiger charge is -2.20.